The van der Waals surface area contributed by atoms with Crippen LogP contribution >= 0.6 is 0 Å². The van der Waals surface area contributed by atoms with Crippen molar-refractivity contribution in [3.63, 3.8) is 0 Å². The Labute approximate surface area is 384 Å². The topological polar surface area (TPSA) is 13.0 Å². The van der Waals surface area contributed by atoms with Crippen LogP contribution in [0.1, 0.15) is 0 Å². The number of rotatable bonds is 4. The van der Waals surface area contributed by atoms with Crippen LogP contribution in [0.15, 0.2) is 218 Å². The average Bonchev–Trinajstić information content (AvgIpc) is 3.77. The van der Waals surface area contributed by atoms with Crippen LogP contribution in [0, 0.1) is 0 Å². The number of para-hydroxylation sites is 4. The fourth-order valence-corrected chi connectivity index (χ4v) is 14.9. The van der Waals surface area contributed by atoms with E-state index in [9.17, 15) is 0 Å². The summed E-state index contributed by atoms with van der Waals surface area (Å²) in [6.45, 7) is 0.254. The second kappa shape index (κ2) is 13.4. The summed E-state index contributed by atoms with van der Waals surface area (Å²) in [5.74, 6) is 0. The molecule has 0 saturated carbocycles. The van der Waals surface area contributed by atoms with E-state index in [1.54, 1.807) is 8.67 Å². The summed E-state index contributed by atoms with van der Waals surface area (Å²) in [5.41, 5.74) is 25.6. The molecular weight excluding hydrogens is 853 g/mol. The Morgan fingerprint density at radius 1 is 0.262 bits per heavy atom. The molecule has 9 aromatic carbocycles. The molecule has 15 rings (SSSR count). The first-order chi connectivity index (χ1) is 32.3. The summed E-state index contributed by atoms with van der Waals surface area (Å²) in [4.78, 5) is 10.3. The number of hydrogen-bond acceptors (Lipinski definition) is 4. The molecule has 0 radical (unpaired) electrons. The molecule has 0 aliphatic carbocycles. The third-order valence-electron chi connectivity index (χ3n) is 14.3. The quantitative estimate of drug-likeness (QED) is 0.163. The zero-order valence-corrected chi connectivity index (χ0v) is 36.8. The van der Waals surface area contributed by atoms with Crippen molar-refractivity contribution >= 4 is 127 Å². The van der Waals surface area contributed by atoms with Gasteiger partial charge in [0.25, 0.3) is 0 Å². The molecule has 300 valence electrons. The van der Waals surface area contributed by atoms with E-state index >= 15 is 0 Å². The van der Waals surface area contributed by atoms with Crippen molar-refractivity contribution in [2.24, 2.45) is 0 Å². The van der Waals surface area contributed by atoms with Gasteiger partial charge in [0.1, 0.15) is 0 Å². The standard InChI is InChI=1S/C58H36B2N4Se/c1-3-15-37(16-4-1)39-29-33-41(34-30-39)61-45-21-9-7-19-43(45)59-53-49(61)25-13-27-51(53)63-47-23-11-12-24-48(47)64-52-28-14-26-50-54(52)60(58-56(64)55(63)57(59)65-58)44-20-8-10-22-46(44)62(50)42-35-31-40(32-36-42)38-17-5-2-6-18-38/h1-36H. The molecule has 65 heavy (non-hydrogen) atoms. The Morgan fingerprint density at radius 3 is 1.00 bits per heavy atom. The zero-order chi connectivity index (χ0) is 42.3. The van der Waals surface area contributed by atoms with E-state index in [-0.39, 0.29) is 27.9 Å². The summed E-state index contributed by atoms with van der Waals surface area (Å²) in [7, 11) is 0. The van der Waals surface area contributed by atoms with E-state index in [0.717, 1.165) is 0 Å². The number of fused-ring (bicyclic) bond motifs is 11. The third-order valence-corrected chi connectivity index (χ3v) is 17.1. The van der Waals surface area contributed by atoms with Gasteiger partial charge in [0, 0.05) is 0 Å². The Hall–Kier alpha value is -7.69. The van der Waals surface area contributed by atoms with Gasteiger partial charge < -0.3 is 0 Å². The fourth-order valence-electron chi connectivity index (χ4n) is 11.7. The first-order valence-electron chi connectivity index (χ1n) is 22.5. The summed E-state index contributed by atoms with van der Waals surface area (Å²) >= 11 is 0.0351. The molecule has 10 aromatic rings. The van der Waals surface area contributed by atoms with Gasteiger partial charge in [-0.1, -0.05) is 12.1 Å². The van der Waals surface area contributed by atoms with E-state index in [4.69, 9.17) is 0 Å². The second-order valence-corrected chi connectivity index (χ2v) is 19.9. The molecule has 0 fully saturated rings. The van der Waals surface area contributed by atoms with Crippen LogP contribution in [0.3, 0.4) is 0 Å². The van der Waals surface area contributed by atoms with Crippen LogP contribution < -0.4 is 50.1 Å². The van der Waals surface area contributed by atoms with Crippen molar-refractivity contribution in [2.75, 3.05) is 19.6 Å². The molecule has 0 unspecified atom stereocenters. The van der Waals surface area contributed by atoms with Gasteiger partial charge in [0.15, 0.2) is 0 Å². The Balaban J connectivity index is 0.951. The fraction of sp³-hybridized carbons (Fsp3) is 0. The molecule has 0 N–H and O–H groups in total. The Kier molecular flexibility index (Phi) is 7.38. The summed E-state index contributed by atoms with van der Waals surface area (Å²) in [6, 6.07) is 81.3. The number of anilines is 12. The van der Waals surface area contributed by atoms with Gasteiger partial charge in [-0.15, -0.1) is 0 Å². The van der Waals surface area contributed by atoms with Crippen molar-refractivity contribution in [1.29, 1.82) is 0 Å². The molecule has 0 atom stereocenters. The van der Waals surface area contributed by atoms with E-state index in [1.165, 1.54) is 112 Å². The van der Waals surface area contributed by atoms with Gasteiger partial charge in [-0.3, -0.25) is 0 Å². The van der Waals surface area contributed by atoms with Crippen LogP contribution in [0.2, 0.25) is 0 Å². The van der Waals surface area contributed by atoms with Crippen molar-refractivity contribution in [1.82, 2.24) is 0 Å². The monoisotopic (exact) mass is 890 g/mol. The summed E-state index contributed by atoms with van der Waals surface area (Å²) in [6.07, 6.45) is 0. The number of benzene rings is 9. The van der Waals surface area contributed by atoms with Gasteiger partial charge in [-0.2, -0.15) is 0 Å². The first-order valence-corrected chi connectivity index (χ1v) is 24.2. The van der Waals surface area contributed by atoms with Gasteiger partial charge in [-0.05, 0) is 0 Å². The van der Waals surface area contributed by atoms with Crippen LogP contribution in [-0.2, 0) is 0 Å². The summed E-state index contributed by atoms with van der Waals surface area (Å²) < 4.78 is 3.11. The molecule has 5 aliphatic heterocycles. The van der Waals surface area contributed by atoms with Crippen LogP contribution in [0.25, 0.3) is 22.3 Å². The predicted octanol–water partition coefficient (Wildman–Crippen LogP) is 10.6. The molecule has 1 aromatic heterocycles. The second-order valence-electron chi connectivity index (χ2n) is 17.6. The Morgan fingerprint density at radius 2 is 0.585 bits per heavy atom. The minimum atomic E-state index is 0.0351. The molecule has 0 amide bonds. The van der Waals surface area contributed by atoms with Crippen molar-refractivity contribution < 1.29 is 0 Å². The van der Waals surface area contributed by atoms with Crippen LogP contribution in [0.4, 0.5) is 68.2 Å². The van der Waals surface area contributed by atoms with E-state index in [0.29, 0.717) is 0 Å². The predicted molar refractivity (Wildman–Crippen MR) is 276 cm³/mol. The molecule has 0 spiro atoms. The molecule has 4 nitrogen and oxygen atoms in total. The van der Waals surface area contributed by atoms with E-state index in [2.05, 4.69) is 238 Å². The van der Waals surface area contributed by atoms with Gasteiger partial charge in [0.05, 0.1) is 0 Å². The van der Waals surface area contributed by atoms with Crippen molar-refractivity contribution in [3.8, 4) is 22.3 Å². The molecule has 0 bridgehead atoms. The molecular formula is C58H36B2N4Se. The van der Waals surface area contributed by atoms with Crippen LogP contribution in [-0.4, -0.2) is 27.9 Å². The molecule has 6 heterocycles. The van der Waals surface area contributed by atoms with Crippen LogP contribution in [0.5, 0.6) is 0 Å². The minimum absolute atomic E-state index is 0.0351. The van der Waals surface area contributed by atoms with Gasteiger partial charge >= 0.3 is 375 Å². The van der Waals surface area contributed by atoms with Crippen molar-refractivity contribution in [2.45, 2.75) is 0 Å². The third kappa shape index (κ3) is 4.84. The number of hydrogen-bond donors (Lipinski definition) is 0. The van der Waals surface area contributed by atoms with Crippen molar-refractivity contribution in [3.05, 3.63) is 218 Å². The van der Waals surface area contributed by atoms with Gasteiger partial charge in [-0.25, -0.2) is 0 Å². The SMILES string of the molecule is c1ccc(-c2ccc(N3c4ccccc4B4c5[se]c6c7c5N(c5ccccc5N7c5cccc7c5B6c5ccccc5N7c5ccc(-c6ccccc6)cc5)c5cccc3c54)cc2)cc1. The van der Waals surface area contributed by atoms with Gasteiger partial charge in [0.2, 0.25) is 0 Å². The first kappa shape index (κ1) is 35.7. The number of nitrogens with zero attached hydrogens (tertiary/aromatic N) is 4. The summed E-state index contributed by atoms with van der Waals surface area (Å²) in [5, 5.41) is 0. The molecule has 7 heteroatoms. The zero-order valence-electron chi connectivity index (χ0n) is 35.1. The van der Waals surface area contributed by atoms with E-state index in [1.807, 2.05) is 0 Å². The van der Waals surface area contributed by atoms with E-state index < -0.39 is 0 Å². The average molecular weight is 890 g/mol. The Bertz CT molecular complexity index is 3350. The molecule has 5 aliphatic rings. The molecule has 0 saturated heterocycles. The maximum absolute atomic E-state index is 2.65. The normalized spacial score (nSPS) is 14.0. The maximum atomic E-state index is 2.65.